The molecule has 1 saturated carbocycles. The summed E-state index contributed by atoms with van der Waals surface area (Å²) >= 11 is 0. The fourth-order valence-corrected chi connectivity index (χ4v) is 3.92. The van der Waals surface area contributed by atoms with E-state index in [9.17, 15) is 9.59 Å². The monoisotopic (exact) mass is 566 g/mol. The van der Waals surface area contributed by atoms with Gasteiger partial charge in [0.05, 0.1) is 12.2 Å². The Bertz CT molecular complexity index is 1220. The lowest BCUT2D eigenvalue weighted by Crippen LogP contribution is -2.17. The molecule has 1 fully saturated rings. The molecule has 0 aromatic heterocycles. The fourth-order valence-electron chi connectivity index (χ4n) is 3.92. The first-order chi connectivity index (χ1) is 20.4. The third-order valence-electron chi connectivity index (χ3n) is 6.23. The third-order valence-corrected chi connectivity index (χ3v) is 6.23. The molecular formula is C38H46O4. The zero-order valence-electron chi connectivity index (χ0n) is 25.3. The van der Waals surface area contributed by atoms with E-state index in [1.54, 1.807) is 30.3 Å². The second kappa shape index (κ2) is 22.3. The minimum Gasteiger partial charge on any atom is -0.462 e. The van der Waals surface area contributed by atoms with Gasteiger partial charge in [-0.15, -0.1) is 6.58 Å². The number of benzene rings is 3. The molecule has 0 saturated heterocycles. The van der Waals surface area contributed by atoms with Gasteiger partial charge in [0, 0.05) is 6.08 Å². The number of allylic oxidation sites excluding steroid dienone is 1. The Morgan fingerprint density at radius 1 is 0.786 bits per heavy atom. The van der Waals surface area contributed by atoms with Gasteiger partial charge in [0.2, 0.25) is 0 Å². The summed E-state index contributed by atoms with van der Waals surface area (Å²) in [5.41, 5.74) is 4.89. The van der Waals surface area contributed by atoms with Crippen molar-refractivity contribution in [3.05, 3.63) is 145 Å². The summed E-state index contributed by atoms with van der Waals surface area (Å²) in [6.45, 7) is 18.6. The molecule has 0 unspecified atom stereocenters. The second-order valence-electron chi connectivity index (χ2n) is 9.75. The van der Waals surface area contributed by atoms with Crippen LogP contribution in [-0.2, 0) is 20.9 Å². The molecule has 0 N–H and O–H groups in total. The molecule has 4 rings (SSSR count). The SMILES string of the molecule is C=CC.C=CC(=O)OCc1cccc(C(=O)OCC2CCCCC2)c1.C=Cc1ccc(C)cc1.C=Cc1ccccc1. The van der Waals surface area contributed by atoms with Crippen LogP contribution < -0.4 is 0 Å². The number of carbonyl (C=O) groups excluding carboxylic acids is 2. The van der Waals surface area contributed by atoms with Gasteiger partial charge in [-0.1, -0.05) is 130 Å². The maximum absolute atomic E-state index is 12.1. The Kier molecular flexibility index (Phi) is 18.9. The maximum atomic E-state index is 12.1. The van der Waals surface area contributed by atoms with E-state index in [1.165, 1.54) is 36.0 Å². The van der Waals surface area contributed by atoms with Crippen LogP contribution >= 0.6 is 0 Å². The van der Waals surface area contributed by atoms with Gasteiger partial charge in [-0.2, -0.15) is 0 Å². The second-order valence-corrected chi connectivity index (χ2v) is 9.75. The van der Waals surface area contributed by atoms with Crippen molar-refractivity contribution in [3.8, 4) is 0 Å². The predicted octanol–water partition coefficient (Wildman–Crippen LogP) is 9.81. The van der Waals surface area contributed by atoms with E-state index >= 15 is 0 Å². The van der Waals surface area contributed by atoms with E-state index in [0.717, 1.165) is 24.5 Å². The van der Waals surface area contributed by atoms with Crippen molar-refractivity contribution < 1.29 is 19.1 Å². The lowest BCUT2D eigenvalue weighted by molar-refractivity contribution is -0.138. The molecule has 0 aliphatic heterocycles. The van der Waals surface area contributed by atoms with Crippen LogP contribution in [0.3, 0.4) is 0 Å². The molecule has 4 heteroatoms. The van der Waals surface area contributed by atoms with Gasteiger partial charge in [-0.25, -0.2) is 9.59 Å². The van der Waals surface area contributed by atoms with Crippen LogP contribution in [0.15, 0.2) is 117 Å². The van der Waals surface area contributed by atoms with Crippen molar-refractivity contribution in [2.24, 2.45) is 5.92 Å². The van der Waals surface area contributed by atoms with E-state index in [2.05, 4.69) is 57.5 Å². The van der Waals surface area contributed by atoms with Crippen molar-refractivity contribution in [2.45, 2.75) is 52.6 Å². The van der Waals surface area contributed by atoms with Gasteiger partial charge in [0.25, 0.3) is 0 Å². The molecule has 0 atom stereocenters. The van der Waals surface area contributed by atoms with Crippen molar-refractivity contribution in [3.63, 3.8) is 0 Å². The molecule has 0 amide bonds. The largest absolute Gasteiger partial charge is 0.462 e. The summed E-state index contributed by atoms with van der Waals surface area (Å²) in [5.74, 6) is -0.304. The molecule has 1 aliphatic carbocycles. The summed E-state index contributed by atoms with van der Waals surface area (Å²) in [4.78, 5) is 23.1. The summed E-state index contributed by atoms with van der Waals surface area (Å²) in [6.07, 6.45) is 12.6. The van der Waals surface area contributed by atoms with E-state index in [-0.39, 0.29) is 12.6 Å². The highest BCUT2D eigenvalue weighted by atomic mass is 16.5. The number of carbonyl (C=O) groups is 2. The van der Waals surface area contributed by atoms with Gasteiger partial charge >= 0.3 is 11.9 Å². The molecular weight excluding hydrogens is 520 g/mol. The predicted molar refractivity (Wildman–Crippen MR) is 177 cm³/mol. The number of esters is 2. The molecule has 0 radical (unpaired) electrons. The minimum absolute atomic E-state index is 0.120. The van der Waals surface area contributed by atoms with Crippen LogP contribution in [0.4, 0.5) is 0 Å². The summed E-state index contributed by atoms with van der Waals surface area (Å²) in [7, 11) is 0. The highest BCUT2D eigenvalue weighted by Gasteiger charge is 2.16. The lowest BCUT2D eigenvalue weighted by Gasteiger charge is -2.21. The van der Waals surface area contributed by atoms with Crippen LogP contribution in [0.2, 0.25) is 0 Å². The van der Waals surface area contributed by atoms with Crippen molar-refractivity contribution >= 4 is 24.1 Å². The average Bonchev–Trinajstić information content (AvgIpc) is 3.05. The first kappa shape index (κ1) is 35.6. The van der Waals surface area contributed by atoms with E-state index in [1.807, 2.05) is 49.4 Å². The summed E-state index contributed by atoms with van der Waals surface area (Å²) in [5, 5.41) is 0. The zero-order valence-corrected chi connectivity index (χ0v) is 25.3. The van der Waals surface area contributed by atoms with Gasteiger partial charge in [-0.3, -0.25) is 0 Å². The van der Waals surface area contributed by atoms with Crippen LogP contribution in [0.5, 0.6) is 0 Å². The smallest absolute Gasteiger partial charge is 0.338 e. The van der Waals surface area contributed by atoms with Crippen molar-refractivity contribution in [2.75, 3.05) is 6.61 Å². The van der Waals surface area contributed by atoms with E-state index in [4.69, 9.17) is 9.47 Å². The molecule has 3 aromatic carbocycles. The van der Waals surface area contributed by atoms with Gasteiger partial charge in [0.15, 0.2) is 0 Å². The molecule has 0 bridgehead atoms. The first-order valence-electron chi connectivity index (χ1n) is 14.4. The number of hydrogen-bond acceptors (Lipinski definition) is 4. The van der Waals surface area contributed by atoms with Gasteiger partial charge in [-0.05, 0) is 61.4 Å². The topological polar surface area (TPSA) is 52.6 Å². The quantitative estimate of drug-likeness (QED) is 0.155. The minimum atomic E-state index is -0.481. The Morgan fingerprint density at radius 3 is 1.93 bits per heavy atom. The van der Waals surface area contributed by atoms with Crippen LogP contribution in [-0.4, -0.2) is 18.5 Å². The highest BCUT2D eigenvalue weighted by Crippen LogP contribution is 2.24. The van der Waals surface area contributed by atoms with Gasteiger partial charge < -0.3 is 9.47 Å². The fraction of sp³-hybridized carbons (Fsp3) is 0.263. The van der Waals surface area contributed by atoms with Crippen LogP contribution in [0.1, 0.15) is 71.6 Å². The zero-order chi connectivity index (χ0) is 31.0. The lowest BCUT2D eigenvalue weighted by atomic mass is 9.90. The maximum Gasteiger partial charge on any atom is 0.338 e. The van der Waals surface area contributed by atoms with Crippen LogP contribution in [0, 0.1) is 12.8 Å². The molecule has 0 spiro atoms. The number of ether oxygens (including phenoxy) is 2. The highest BCUT2D eigenvalue weighted by molar-refractivity contribution is 5.89. The summed E-state index contributed by atoms with van der Waals surface area (Å²) < 4.78 is 10.4. The Hall–Kier alpha value is -4.44. The standard InChI is InChI=1S/C18H22O4.C9H10.C8H8.C3H6/c1-2-17(19)21-13-15-9-6-10-16(11-15)18(20)22-12-14-7-4-3-5-8-14;1-3-9-6-4-8(2)5-7-9;1-2-8-6-4-3-5-7-8;1-3-2/h2,6,9-11,14H,1,3-5,7-8,12-13H2;3-7H,1H2,2H3;2-7H,1H2;3H,1H2,2H3. The van der Waals surface area contributed by atoms with Crippen LogP contribution in [0.25, 0.3) is 12.2 Å². The number of hydrogen-bond donors (Lipinski definition) is 0. The summed E-state index contributed by atoms with van der Waals surface area (Å²) in [6, 6.07) is 25.3. The number of aryl methyl sites for hydroxylation is 1. The van der Waals surface area contributed by atoms with Crippen molar-refractivity contribution in [1.29, 1.82) is 0 Å². The Labute approximate surface area is 253 Å². The molecule has 4 nitrogen and oxygen atoms in total. The first-order valence-corrected chi connectivity index (χ1v) is 14.4. The van der Waals surface area contributed by atoms with Crippen molar-refractivity contribution in [1.82, 2.24) is 0 Å². The van der Waals surface area contributed by atoms with E-state index < -0.39 is 5.97 Å². The number of rotatable bonds is 8. The molecule has 1 aliphatic rings. The molecule has 3 aromatic rings. The Balaban J connectivity index is 0.000000359. The Morgan fingerprint density at radius 2 is 1.38 bits per heavy atom. The van der Waals surface area contributed by atoms with Gasteiger partial charge in [0.1, 0.15) is 6.61 Å². The molecule has 42 heavy (non-hydrogen) atoms. The third kappa shape index (κ3) is 16.0. The molecule has 222 valence electrons. The average molecular weight is 567 g/mol. The molecule has 0 heterocycles. The van der Waals surface area contributed by atoms with E-state index in [0.29, 0.717) is 18.1 Å². The normalized spacial score (nSPS) is 11.8.